The number of ether oxygens (including phenoxy) is 1. The van der Waals surface area contributed by atoms with Gasteiger partial charge < -0.3 is 15.0 Å². The molecule has 0 amide bonds. The molecule has 44 heavy (non-hydrogen) atoms. The lowest BCUT2D eigenvalue weighted by molar-refractivity contribution is -0.126. The summed E-state index contributed by atoms with van der Waals surface area (Å²) in [7, 11) is 1.63. The molecule has 5 aromatic rings. The van der Waals surface area contributed by atoms with Crippen molar-refractivity contribution in [1.82, 2.24) is 19.9 Å². The zero-order valence-corrected chi connectivity index (χ0v) is 25.4. The van der Waals surface area contributed by atoms with E-state index in [4.69, 9.17) is 9.72 Å². The van der Waals surface area contributed by atoms with Crippen molar-refractivity contribution < 1.29 is 17.9 Å². The molecule has 0 radical (unpaired) electrons. The van der Waals surface area contributed by atoms with E-state index in [0.29, 0.717) is 40.4 Å². The predicted molar refractivity (Wildman–Crippen MR) is 167 cm³/mol. The topological polar surface area (TPSA) is 89.9 Å². The predicted octanol–water partition coefficient (Wildman–Crippen LogP) is 7.33. The Morgan fingerprint density at radius 3 is 2.55 bits per heavy atom. The number of benzene rings is 2. The molecule has 7 nitrogen and oxygen atoms in total. The van der Waals surface area contributed by atoms with Crippen LogP contribution < -0.4 is 10.1 Å². The first-order chi connectivity index (χ1) is 21.2. The van der Waals surface area contributed by atoms with Crippen molar-refractivity contribution in [2.45, 2.75) is 57.8 Å². The van der Waals surface area contributed by atoms with Gasteiger partial charge in [-0.05, 0) is 73.2 Å². The van der Waals surface area contributed by atoms with Crippen molar-refractivity contribution in [2.75, 3.05) is 25.5 Å². The number of nitrogens with one attached hydrogen (secondary N) is 2. The van der Waals surface area contributed by atoms with Gasteiger partial charge in [0.1, 0.15) is 34.0 Å². The van der Waals surface area contributed by atoms with Crippen LogP contribution in [0, 0.1) is 18.3 Å². The minimum Gasteiger partial charge on any atom is -0.497 e. The summed E-state index contributed by atoms with van der Waals surface area (Å²) in [6, 6.07) is 17.8. The Hall–Kier alpha value is -4.14. The van der Waals surface area contributed by atoms with Crippen LogP contribution in [-0.2, 0) is 25.8 Å². The van der Waals surface area contributed by atoms with Gasteiger partial charge in [0.05, 0.1) is 18.9 Å². The van der Waals surface area contributed by atoms with E-state index in [1.165, 1.54) is 11.1 Å². The standard InChI is InChI=1S/C33H33F3N6OS/c1-20-22(6-9-29-27(20)15-24(18-37)38-29)19-42-13-11-23(12-14-42)39-31-28-16-26(17-33(34,35)36)44-32(28)41-30(40-31)10-5-21-3-7-25(43-2)8-4-21/h3-4,6-9,15-16,23,38H,5,10-14,17,19H2,1-2H3,(H,39,40,41). The lowest BCUT2D eigenvalue weighted by Gasteiger charge is -2.33. The Bertz CT molecular complexity index is 1810. The maximum absolute atomic E-state index is 13.2. The molecule has 1 aliphatic rings. The summed E-state index contributed by atoms with van der Waals surface area (Å²) in [6.45, 7) is 4.68. The number of aromatic amines is 1. The molecule has 2 aromatic carbocycles. The molecule has 0 saturated carbocycles. The largest absolute Gasteiger partial charge is 0.497 e. The first-order valence-corrected chi connectivity index (χ1v) is 15.5. The van der Waals surface area contributed by atoms with Gasteiger partial charge in [0, 0.05) is 47.9 Å². The van der Waals surface area contributed by atoms with E-state index >= 15 is 0 Å². The number of likely N-dealkylation sites (tertiary alicyclic amines) is 1. The van der Waals surface area contributed by atoms with Crippen molar-refractivity contribution in [1.29, 1.82) is 5.26 Å². The van der Waals surface area contributed by atoms with Crippen LogP contribution in [0.1, 0.15) is 45.9 Å². The molecule has 1 saturated heterocycles. The number of aromatic nitrogens is 3. The van der Waals surface area contributed by atoms with Gasteiger partial charge in [0.2, 0.25) is 0 Å². The number of nitrogens with zero attached hydrogens (tertiary/aromatic N) is 4. The second-order valence-electron chi connectivity index (χ2n) is 11.4. The van der Waals surface area contributed by atoms with Crippen molar-refractivity contribution in [3.05, 3.63) is 81.6 Å². The highest BCUT2D eigenvalue weighted by molar-refractivity contribution is 7.18. The van der Waals surface area contributed by atoms with E-state index in [2.05, 4.69) is 39.2 Å². The number of rotatable bonds is 9. The highest BCUT2D eigenvalue weighted by Gasteiger charge is 2.29. The molecule has 2 N–H and O–H groups in total. The summed E-state index contributed by atoms with van der Waals surface area (Å²) in [4.78, 5) is 15.9. The van der Waals surface area contributed by atoms with Gasteiger partial charge in [-0.2, -0.15) is 18.4 Å². The Morgan fingerprint density at radius 1 is 1.07 bits per heavy atom. The number of anilines is 1. The molecule has 0 unspecified atom stereocenters. The lowest BCUT2D eigenvalue weighted by Crippen LogP contribution is -2.39. The van der Waals surface area contributed by atoms with Gasteiger partial charge in [-0.15, -0.1) is 11.3 Å². The van der Waals surface area contributed by atoms with Gasteiger partial charge in [0.25, 0.3) is 0 Å². The van der Waals surface area contributed by atoms with Crippen LogP contribution >= 0.6 is 11.3 Å². The third-order valence-electron chi connectivity index (χ3n) is 8.29. The minimum atomic E-state index is -4.28. The van der Waals surface area contributed by atoms with Crippen LogP contribution in [0.25, 0.3) is 21.1 Å². The van der Waals surface area contributed by atoms with E-state index in [1.807, 2.05) is 36.4 Å². The number of alkyl halides is 3. The first-order valence-electron chi connectivity index (χ1n) is 14.7. The van der Waals surface area contributed by atoms with Crippen molar-refractivity contribution in [3.8, 4) is 11.8 Å². The number of thiophene rings is 1. The molecule has 0 atom stereocenters. The number of halogens is 3. The monoisotopic (exact) mass is 618 g/mol. The molecule has 1 aliphatic heterocycles. The number of aryl methyl sites for hydroxylation is 3. The van der Waals surface area contributed by atoms with Crippen LogP contribution in [0.15, 0.2) is 48.5 Å². The lowest BCUT2D eigenvalue weighted by atomic mass is 10.0. The van der Waals surface area contributed by atoms with E-state index < -0.39 is 12.6 Å². The fraction of sp³-hybridized carbons (Fsp3) is 0.364. The summed E-state index contributed by atoms with van der Waals surface area (Å²) < 4.78 is 44.9. The number of hydrogen-bond donors (Lipinski definition) is 2. The average Bonchev–Trinajstić information content (AvgIpc) is 3.62. The second-order valence-corrected chi connectivity index (χ2v) is 12.5. The van der Waals surface area contributed by atoms with Gasteiger partial charge in [-0.25, -0.2) is 9.97 Å². The fourth-order valence-corrected chi connectivity index (χ4v) is 6.94. The smallest absolute Gasteiger partial charge is 0.393 e. The minimum absolute atomic E-state index is 0.149. The molecule has 1 fully saturated rings. The SMILES string of the molecule is COc1ccc(CCc2nc(NC3CCN(Cc4ccc5[nH]c(C#N)cc5c4C)CC3)c3cc(CC(F)(F)F)sc3n2)cc1. The maximum atomic E-state index is 13.2. The molecular formula is C33H33F3N6OS. The van der Waals surface area contributed by atoms with Gasteiger partial charge in [-0.1, -0.05) is 18.2 Å². The normalized spacial score (nSPS) is 14.7. The molecule has 0 bridgehead atoms. The Morgan fingerprint density at radius 2 is 1.84 bits per heavy atom. The van der Waals surface area contributed by atoms with Crippen molar-refractivity contribution >= 4 is 38.3 Å². The molecule has 0 spiro atoms. The molecule has 228 valence electrons. The highest BCUT2D eigenvalue weighted by Crippen LogP contribution is 2.34. The summed E-state index contributed by atoms with van der Waals surface area (Å²) >= 11 is 1.09. The summed E-state index contributed by atoms with van der Waals surface area (Å²) in [5, 5.41) is 14.6. The number of methoxy groups -OCH3 is 1. The molecule has 11 heteroatoms. The molecular weight excluding hydrogens is 585 g/mol. The third-order valence-corrected chi connectivity index (χ3v) is 9.32. The summed E-state index contributed by atoms with van der Waals surface area (Å²) in [5.74, 6) is 2.01. The van der Waals surface area contributed by atoms with Crippen molar-refractivity contribution in [3.63, 3.8) is 0 Å². The fourth-order valence-electron chi connectivity index (χ4n) is 5.87. The second kappa shape index (κ2) is 12.5. The van der Waals surface area contributed by atoms with Gasteiger partial charge in [0.15, 0.2) is 0 Å². The molecule has 0 aliphatic carbocycles. The Labute approximate surface area is 257 Å². The van der Waals surface area contributed by atoms with Crippen LogP contribution in [-0.4, -0.2) is 52.3 Å². The number of hydrogen-bond acceptors (Lipinski definition) is 7. The Kier molecular flexibility index (Phi) is 8.47. The highest BCUT2D eigenvalue weighted by atomic mass is 32.1. The van der Waals surface area contributed by atoms with Crippen LogP contribution in [0.5, 0.6) is 5.75 Å². The molecule has 6 rings (SSSR count). The van der Waals surface area contributed by atoms with Crippen LogP contribution in [0.4, 0.5) is 19.0 Å². The number of piperidine rings is 1. The zero-order chi connectivity index (χ0) is 30.8. The zero-order valence-electron chi connectivity index (χ0n) is 24.6. The molecule has 4 heterocycles. The van der Waals surface area contributed by atoms with E-state index in [0.717, 1.165) is 66.0 Å². The number of nitriles is 1. The van der Waals surface area contributed by atoms with Crippen LogP contribution in [0.2, 0.25) is 0 Å². The summed E-state index contributed by atoms with van der Waals surface area (Å²) in [6.07, 6.45) is -2.21. The van der Waals surface area contributed by atoms with E-state index in [1.54, 1.807) is 13.2 Å². The van der Waals surface area contributed by atoms with Crippen LogP contribution in [0.3, 0.4) is 0 Å². The summed E-state index contributed by atoms with van der Waals surface area (Å²) in [5.41, 5.74) is 5.06. The third kappa shape index (κ3) is 6.82. The Balaban J connectivity index is 1.16. The van der Waals surface area contributed by atoms with E-state index in [9.17, 15) is 18.4 Å². The number of fused-ring (bicyclic) bond motifs is 2. The van der Waals surface area contributed by atoms with Gasteiger partial charge >= 0.3 is 6.18 Å². The quantitative estimate of drug-likeness (QED) is 0.180. The molecule has 3 aromatic heterocycles. The van der Waals surface area contributed by atoms with Gasteiger partial charge in [-0.3, -0.25) is 4.90 Å². The first kappa shape index (κ1) is 29.9. The van der Waals surface area contributed by atoms with E-state index in [-0.39, 0.29) is 10.9 Å². The maximum Gasteiger partial charge on any atom is 0.393 e. The van der Waals surface area contributed by atoms with Crippen molar-refractivity contribution in [2.24, 2.45) is 0 Å². The average molecular weight is 619 g/mol. The number of H-pyrrole nitrogens is 1.